The summed E-state index contributed by atoms with van der Waals surface area (Å²) in [5.41, 5.74) is 0. The lowest BCUT2D eigenvalue weighted by Crippen LogP contribution is -2.69. The second kappa shape index (κ2) is 2.86. The number of fused-ring (bicyclic) bond motifs is 3. The molecule has 3 saturated heterocycles. The molecule has 3 fully saturated rings. The van der Waals surface area contributed by atoms with E-state index in [-0.39, 0.29) is 0 Å². The van der Waals surface area contributed by atoms with Crippen LogP contribution >= 0.6 is 0 Å². The molecular formula is C10H19N2+. The second-order valence-electron chi connectivity index (χ2n) is 4.21. The van der Waals surface area contributed by atoms with Crippen molar-refractivity contribution in [2.45, 2.75) is 13.0 Å². The van der Waals surface area contributed by atoms with E-state index in [1.165, 1.54) is 43.8 Å². The Morgan fingerprint density at radius 1 is 1.25 bits per heavy atom. The maximum atomic E-state index is 3.92. The maximum absolute atomic E-state index is 3.92. The van der Waals surface area contributed by atoms with E-state index in [2.05, 4.69) is 24.5 Å². The highest BCUT2D eigenvalue weighted by Gasteiger charge is 2.40. The smallest absolute Gasteiger partial charge is 0.105 e. The van der Waals surface area contributed by atoms with Crippen LogP contribution in [0.4, 0.5) is 0 Å². The molecule has 2 bridgehead atoms. The molecule has 0 radical (unpaired) electrons. The fraction of sp³-hybridized carbons (Fsp3) is 0.800. The topological polar surface area (TPSA) is 3.24 Å². The molecule has 3 aliphatic rings. The Balaban J connectivity index is 2.13. The van der Waals surface area contributed by atoms with Crippen LogP contribution in [0.15, 0.2) is 12.7 Å². The van der Waals surface area contributed by atoms with Crippen molar-refractivity contribution in [2.24, 2.45) is 0 Å². The van der Waals surface area contributed by atoms with Crippen LogP contribution in [0, 0.1) is 0 Å². The predicted molar refractivity (Wildman–Crippen MR) is 51.0 cm³/mol. The zero-order valence-corrected chi connectivity index (χ0v) is 8.00. The summed E-state index contributed by atoms with van der Waals surface area (Å²) in [4.78, 5) is 2.58. The van der Waals surface area contributed by atoms with Gasteiger partial charge in [-0.15, -0.1) is 0 Å². The number of nitrogens with zero attached hydrogens (tertiary/aromatic N) is 2. The number of hydrogen-bond acceptors (Lipinski definition) is 1. The number of piperazine rings is 3. The average molecular weight is 167 g/mol. The Morgan fingerprint density at radius 2 is 1.75 bits per heavy atom. The fourth-order valence-electron chi connectivity index (χ4n) is 2.53. The van der Waals surface area contributed by atoms with Crippen molar-refractivity contribution in [3.05, 3.63) is 12.7 Å². The molecule has 3 aliphatic heterocycles. The molecule has 1 atom stereocenters. The summed E-state index contributed by atoms with van der Waals surface area (Å²) in [6, 6.07) is 0.660. The number of hydrogen-bond donors (Lipinski definition) is 0. The molecule has 2 nitrogen and oxygen atoms in total. The van der Waals surface area contributed by atoms with Crippen molar-refractivity contribution >= 4 is 0 Å². The van der Waals surface area contributed by atoms with Gasteiger partial charge in [0.25, 0.3) is 0 Å². The summed E-state index contributed by atoms with van der Waals surface area (Å²) in [5.74, 6) is 0. The first-order valence-electron chi connectivity index (χ1n) is 4.97. The minimum atomic E-state index is 0.660. The first kappa shape index (κ1) is 8.27. The molecule has 1 unspecified atom stereocenters. The molecule has 0 aromatic heterocycles. The van der Waals surface area contributed by atoms with E-state index in [4.69, 9.17) is 0 Å². The van der Waals surface area contributed by atoms with Gasteiger partial charge < -0.3 is 4.48 Å². The SMILES string of the molecule is C=CC(C)[N+]12CCN(CC1)CC2. The molecule has 0 aromatic carbocycles. The van der Waals surface area contributed by atoms with Crippen LogP contribution in [0.5, 0.6) is 0 Å². The van der Waals surface area contributed by atoms with Gasteiger partial charge in [0.1, 0.15) is 6.04 Å². The molecule has 3 heterocycles. The van der Waals surface area contributed by atoms with Crippen molar-refractivity contribution in [1.82, 2.24) is 4.90 Å². The van der Waals surface area contributed by atoms with Crippen LogP contribution in [0.1, 0.15) is 6.92 Å². The van der Waals surface area contributed by atoms with Crippen molar-refractivity contribution < 1.29 is 4.48 Å². The summed E-state index contributed by atoms with van der Waals surface area (Å²) in [5, 5.41) is 0. The fourth-order valence-corrected chi connectivity index (χ4v) is 2.53. The molecule has 12 heavy (non-hydrogen) atoms. The van der Waals surface area contributed by atoms with Crippen LogP contribution in [-0.2, 0) is 0 Å². The van der Waals surface area contributed by atoms with E-state index in [1.54, 1.807) is 0 Å². The van der Waals surface area contributed by atoms with Crippen LogP contribution < -0.4 is 0 Å². The van der Waals surface area contributed by atoms with Crippen molar-refractivity contribution in [2.75, 3.05) is 39.3 Å². The summed E-state index contributed by atoms with van der Waals surface area (Å²) in [6.45, 7) is 14.2. The van der Waals surface area contributed by atoms with E-state index in [9.17, 15) is 0 Å². The van der Waals surface area contributed by atoms with Crippen LogP contribution in [-0.4, -0.2) is 54.7 Å². The zero-order chi connectivity index (χ0) is 8.60. The van der Waals surface area contributed by atoms with Gasteiger partial charge in [0.2, 0.25) is 0 Å². The summed E-state index contributed by atoms with van der Waals surface area (Å²) >= 11 is 0. The van der Waals surface area contributed by atoms with Gasteiger partial charge in [0.05, 0.1) is 19.6 Å². The molecule has 0 amide bonds. The quantitative estimate of drug-likeness (QED) is 0.432. The van der Waals surface area contributed by atoms with E-state index in [0.717, 1.165) is 0 Å². The molecule has 2 heteroatoms. The van der Waals surface area contributed by atoms with Gasteiger partial charge in [-0.25, -0.2) is 0 Å². The highest BCUT2D eigenvalue weighted by molar-refractivity contribution is 4.82. The molecule has 0 aromatic rings. The molecule has 3 rings (SSSR count). The van der Waals surface area contributed by atoms with Crippen molar-refractivity contribution in [3.63, 3.8) is 0 Å². The Bertz CT molecular complexity index is 167. The third kappa shape index (κ3) is 1.10. The van der Waals surface area contributed by atoms with Gasteiger partial charge in [-0.05, 0) is 13.0 Å². The number of quaternary nitrogens is 1. The Morgan fingerprint density at radius 3 is 2.17 bits per heavy atom. The summed E-state index contributed by atoms with van der Waals surface area (Å²) in [7, 11) is 0. The Kier molecular flexibility index (Phi) is 1.97. The minimum Gasteiger partial charge on any atom is -0.315 e. The second-order valence-corrected chi connectivity index (χ2v) is 4.21. The largest absolute Gasteiger partial charge is 0.315 e. The van der Waals surface area contributed by atoms with Crippen molar-refractivity contribution in [1.29, 1.82) is 0 Å². The first-order valence-corrected chi connectivity index (χ1v) is 4.97. The van der Waals surface area contributed by atoms with Gasteiger partial charge in [0, 0.05) is 19.6 Å². The zero-order valence-electron chi connectivity index (χ0n) is 8.00. The number of rotatable bonds is 2. The van der Waals surface area contributed by atoms with E-state index in [0.29, 0.717) is 6.04 Å². The molecule has 0 spiro atoms. The summed E-state index contributed by atoms with van der Waals surface area (Å²) in [6.07, 6.45) is 2.13. The Labute approximate surface area is 75.1 Å². The van der Waals surface area contributed by atoms with E-state index >= 15 is 0 Å². The molecule has 0 N–H and O–H groups in total. The van der Waals surface area contributed by atoms with E-state index < -0.39 is 0 Å². The third-order valence-corrected chi connectivity index (χ3v) is 3.79. The van der Waals surface area contributed by atoms with E-state index in [1.807, 2.05) is 0 Å². The standard InChI is InChI=1S/C10H19N2/c1-3-10(2)12-7-4-11(5-8-12)6-9-12/h3,10H,1,4-9H2,2H3/q+1. The normalized spacial score (nSPS) is 42.6. The van der Waals surface area contributed by atoms with Gasteiger partial charge in [-0.2, -0.15) is 0 Å². The van der Waals surface area contributed by atoms with Crippen LogP contribution in [0.25, 0.3) is 0 Å². The third-order valence-electron chi connectivity index (χ3n) is 3.79. The average Bonchev–Trinajstić information content (AvgIpc) is 2.19. The molecule has 68 valence electrons. The molecular weight excluding hydrogens is 148 g/mol. The van der Waals surface area contributed by atoms with Crippen LogP contribution in [0.2, 0.25) is 0 Å². The van der Waals surface area contributed by atoms with Gasteiger partial charge in [-0.1, -0.05) is 6.58 Å². The van der Waals surface area contributed by atoms with Gasteiger partial charge in [-0.3, -0.25) is 4.90 Å². The highest BCUT2D eigenvalue weighted by Crippen LogP contribution is 2.23. The highest BCUT2D eigenvalue weighted by atomic mass is 15.5. The predicted octanol–water partition coefficient (Wildman–Crippen LogP) is 0.707. The lowest BCUT2D eigenvalue weighted by Gasteiger charge is -2.53. The maximum Gasteiger partial charge on any atom is 0.105 e. The van der Waals surface area contributed by atoms with Gasteiger partial charge in [0.15, 0.2) is 0 Å². The molecule has 0 aliphatic carbocycles. The first-order chi connectivity index (χ1) is 5.77. The molecule has 0 saturated carbocycles. The van der Waals surface area contributed by atoms with Gasteiger partial charge >= 0.3 is 0 Å². The van der Waals surface area contributed by atoms with Crippen LogP contribution in [0.3, 0.4) is 0 Å². The summed E-state index contributed by atoms with van der Waals surface area (Å²) < 4.78 is 1.31. The minimum absolute atomic E-state index is 0.660. The Hall–Kier alpha value is -0.340. The lowest BCUT2D eigenvalue weighted by molar-refractivity contribution is -0.955. The monoisotopic (exact) mass is 167 g/mol. The van der Waals surface area contributed by atoms with Crippen molar-refractivity contribution in [3.8, 4) is 0 Å². The lowest BCUT2D eigenvalue weighted by atomic mass is 10.1.